The Morgan fingerprint density at radius 3 is 2.47 bits per heavy atom. The molecule has 0 aromatic carbocycles. The zero-order valence-corrected chi connectivity index (χ0v) is 11.6. The molecule has 1 amide bonds. The summed E-state index contributed by atoms with van der Waals surface area (Å²) in [6, 6.07) is 0. The average Bonchev–Trinajstić information content (AvgIpc) is 2.28. The SMILES string of the molecule is CC.CCSCCC(=O)N(C)CCNC. The first-order valence-electron chi connectivity index (χ1n) is 5.68. The van der Waals surface area contributed by atoms with E-state index in [2.05, 4.69) is 12.2 Å². The molecule has 0 heterocycles. The lowest BCUT2D eigenvalue weighted by molar-refractivity contribution is -0.129. The highest BCUT2D eigenvalue weighted by atomic mass is 32.2. The third kappa shape index (κ3) is 11.7. The van der Waals surface area contributed by atoms with E-state index < -0.39 is 0 Å². The Bertz CT molecular complexity index is 143. The van der Waals surface area contributed by atoms with Crippen LogP contribution < -0.4 is 5.32 Å². The van der Waals surface area contributed by atoms with Crippen molar-refractivity contribution in [2.45, 2.75) is 27.2 Å². The lowest BCUT2D eigenvalue weighted by Crippen LogP contribution is -2.32. The first-order valence-corrected chi connectivity index (χ1v) is 6.84. The Balaban J connectivity index is 0. The van der Waals surface area contributed by atoms with Gasteiger partial charge in [0, 0.05) is 32.3 Å². The van der Waals surface area contributed by atoms with Crippen molar-refractivity contribution in [2.24, 2.45) is 0 Å². The number of carbonyl (C=O) groups is 1. The molecule has 0 atom stereocenters. The second-order valence-electron chi connectivity index (χ2n) is 2.87. The van der Waals surface area contributed by atoms with E-state index in [1.54, 1.807) is 4.90 Å². The van der Waals surface area contributed by atoms with Crippen molar-refractivity contribution in [3.05, 3.63) is 0 Å². The van der Waals surface area contributed by atoms with Crippen molar-refractivity contribution < 1.29 is 4.79 Å². The van der Waals surface area contributed by atoms with E-state index in [1.165, 1.54) is 0 Å². The number of hydrogen-bond donors (Lipinski definition) is 1. The third-order valence-electron chi connectivity index (χ3n) is 1.79. The maximum absolute atomic E-state index is 11.4. The molecular formula is C11H26N2OS. The number of thioether (sulfide) groups is 1. The molecule has 0 aliphatic rings. The van der Waals surface area contributed by atoms with Gasteiger partial charge in [-0.2, -0.15) is 11.8 Å². The molecule has 1 N–H and O–H groups in total. The molecule has 0 rings (SSSR count). The first kappa shape index (κ1) is 17.2. The lowest BCUT2D eigenvalue weighted by atomic mass is 10.4. The zero-order chi connectivity index (χ0) is 12.1. The highest BCUT2D eigenvalue weighted by Crippen LogP contribution is 2.02. The summed E-state index contributed by atoms with van der Waals surface area (Å²) in [5, 5.41) is 3.02. The maximum atomic E-state index is 11.4. The van der Waals surface area contributed by atoms with Crippen molar-refractivity contribution in [3.63, 3.8) is 0 Å². The predicted octanol–water partition coefficient (Wildman–Crippen LogP) is 1.83. The summed E-state index contributed by atoms with van der Waals surface area (Å²) >= 11 is 1.81. The average molecular weight is 234 g/mol. The van der Waals surface area contributed by atoms with Crippen LogP contribution in [0.2, 0.25) is 0 Å². The third-order valence-corrected chi connectivity index (χ3v) is 2.69. The van der Waals surface area contributed by atoms with Gasteiger partial charge in [-0.1, -0.05) is 20.8 Å². The van der Waals surface area contributed by atoms with Gasteiger partial charge in [-0.15, -0.1) is 0 Å². The Labute approximate surface area is 99.0 Å². The predicted molar refractivity (Wildman–Crippen MR) is 70.5 cm³/mol. The Kier molecular flexibility index (Phi) is 15.8. The topological polar surface area (TPSA) is 32.3 Å². The van der Waals surface area contributed by atoms with Crippen LogP contribution in [0.4, 0.5) is 0 Å². The number of likely N-dealkylation sites (N-methyl/N-ethyl adjacent to an activating group) is 2. The van der Waals surface area contributed by atoms with Crippen LogP contribution in [0.15, 0.2) is 0 Å². The summed E-state index contributed by atoms with van der Waals surface area (Å²) in [7, 11) is 3.75. The van der Waals surface area contributed by atoms with Gasteiger partial charge < -0.3 is 10.2 Å². The summed E-state index contributed by atoms with van der Waals surface area (Å²) in [6.07, 6.45) is 0.665. The molecule has 0 unspecified atom stereocenters. The van der Waals surface area contributed by atoms with Crippen LogP contribution in [0, 0.1) is 0 Å². The number of nitrogens with zero attached hydrogens (tertiary/aromatic N) is 1. The van der Waals surface area contributed by atoms with Crippen molar-refractivity contribution in [3.8, 4) is 0 Å². The molecule has 92 valence electrons. The Morgan fingerprint density at radius 1 is 1.40 bits per heavy atom. The number of rotatable bonds is 7. The largest absolute Gasteiger partial charge is 0.344 e. The van der Waals surface area contributed by atoms with E-state index in [9.17, 15) is 4.79 Å². The molecule has 0 aliphatic heterocycles. The van der Waals surface area contributed by atoms with Gasteiger partial charge in [0.1, 0.15) is 0 Å². The van der Waals surface area contributed by atoms with Gasteiger partial charge in [0.2, 0.25) is 5.91 Å². The fourth-order valence-corrected chi connectivity index (χ4v) is 1.51. The molecule has 4 heteroatoms. The summed E-state index contributed by atoms with van der Waals surface area (Å²) in [6.45, 7) is 7.77. The minimum absolute atomic E-state index is 0.246. The van der Waals surface area contributed by atoms with Crippen molar-refractivity contribution >= 4 is 17.7 Å². The molecule has 0 fully saturated rings. The van der Waals surface area contributed by atoms with Gasteiger partial charge in [-0.05, 0) is 12.8 Å². The number of amides is 1. The number of nitrogens with one attached hydrogen (secondary N) is 1. The fourth-order valence-electron chi connectivity index (χ4n) is 0.899. The molecule has 0 bridgehead atoms. The summed E-state index contributed by atoms with van der Waals surface area (Å²) in [5.41, 5.74) is 0. The van der Waals surface area contributed by atoms with E-state index in [1.807, 2.05) is 39.7 Å². The first-order chi connectivity index (χ1) is 7.22. The molecule has 0 aliphatic carbocycles. The smallest absolute Gasteiger partial charge is 0.223 e. The monoisotopic (exact) mass is 234 g/mol. The van der Waals surface area contributed by atoms with Crippen molar-refractivity contribution in [1.82, 2.24) is 10.2 Å². The molecule has 0 aromatic rings. The molecule has 0 spiro atoms. The van der Waals surface area contributed by atoms with Gasteiger partial charge in [0.05, 0.1) is 0 Å². The van der Waals surface area contributed by atoms with Crippen LogP contribution >= 0.6 is 11.8 Å². The Morgan fingerprint density at radius 2 is 2.00 bits per heavy atom. The van der Waals surface area contributed by atoms with E-state index in [0.717, 1.165) is 24.6 Å². The van der Waals surface area contributed by atoms with Crippen LogP contribution in [0.5, 0.6) is 0 Å². The normalized spacial score (nSPS) is 9.13. The Hall–Kier alpha value is -0.220. The minimum atomic E-state index is 0.246. The van der Waals surface area contributed by atoms with Gasteiger partial charge in [-0.25, -0.2) is 0 Å². The molecular weight excluding hydrogens is 208 g/mol. The lowest BCUT2D eigenvalue weighted by Gasteiger charge is -2.16. The maximum Gasteiger partial charge on any atom is 0.223 e. The summed E-state index contributed by atoms with van der Waals surface area (Å²) in [5.74, 6) is 2.28. The summed E-state index contributed by atoms with van der Waals surface area (Å²) < 4.78 is 0. The van der Waals surface area contributed by atoms with Gasteiger partial charge in [-0.3, -0.25) is 4.79 Å². The van der Waals surface area contributed by atoms with Crippen LogP contribution in [0.25, 0.3) is 0 Å². The summed E-state index contributed by atoms with van der Waals surface area (Å²) in [4.78, 5) is 13.2. The van der Waals surface area contributed by atoms with E-state index >= 15 is 0 Å². The van der Waals surface area contributed by atoms with Crippen LogP contribution in [0.1, 0.15) is 27.2 Å². The molecule has 0 saturated heterocycles. The molecule has 0 aromatic heterocycles. The van der Waals surface area contributed by atoms with E-state index in [0.29, 0.717) is 6.42 Å². The molecule has 0 radical (unpaired) electrons. The second-order valence-corrected chi connectivity index (χ2v) is 4.26. The van der Waals surface area contributed by atoms with Crippen molar-refractivity contribution in [2.75, 3.05) is 38.7 Å². The quantitative estimate of drug-likeness (QED) is 0.682. The minimum Gasteiger partial charge on any atom is -0.344 e. The molecule has 15 heavy (non-hydrogen) atoms. The van der Waals surface area contributed by atoms with E-state index in [-0.39, 0.29) is 5.91 Å². The highest BCUT2D eigenvalue weighted by Gasteiger charge is 2.06. The highest BCUT2D eigenvalue weighted by molar-refractivity contribution is 7.99. The van der Waals surface area contributed by atoms with Crippen LogP contribution in [-0.2, 0) is 4.79 Å². The van der Waals surface area contributed by atoms with Gasteiger partial charge in [0.25, 0.3) is 0 Å². The van der Waals surface area contributed by atoms with Crippen molar-refractivity contribution in [1.29, 1.82) is 0 Å². The second kappa shape index (κ2) is 13.8. The van der Waals surface area contributed by atoms with Gasteiger partial charge in [0.15, 0.2) is 0 Å². The number of hydrogen-bond acceptors (Lipinski definition) is 3. The molecule has 0 saturated carbocycles. The molecule has 3 nitrogen and oxygen atoms in total. The standard InChI is InChI=1S/C9H20N2OS.C2H6/c1-4-13-8-5-9(12)11(3)7-6-10-2;1-2/h10H,4-8H2,1-3H3;1-2H3. The van der Waals surface area contributed by atoms with Crippen LogP contribution in [-0.4, -0.2) is 49.5 Å². The zero-order valence-electron chi connectivity index (χ0n) is 10.8. The van der Waals surface area contributed by atoms with Gasteiger partial charge >= 0.3 is 0 Å². The van der Waals surface area contributed by atoms with Crippen LogP contribution in [0.3, 0.4) is 0 Å². The number of carbonyl (C=O) groups excluding carboxylic acids is 1. The van der Waals surface area contributed by atoms with E-state index in [4.69, 9.17) is 0 Å². The fraction of sp³-hybridized carbons (Fsp3) is 0.909.